The summed E-state index contributed by atoms with van der Waals surface area (Å²) in [5, 5.41) is 0. The van der Waals surface area contributed by atoms with Crippen molar-refractivity contribution >= 4 is 5.69 Å². The lowest BCUT2D eigenvalue weighted by molar-refractivity contribution is 0.148. The van der Waals surface area contributed by atoms with E-state index in [2.05, 4.69) is 85.3 Å². The molecule has 2 nitrogen and oxygen atoms in total. The average Bonchev–Trinajstić information content (AvgIpc) is 2.94. The maximum Gasteiger partial charge on any atom is 0.109 e. The van der Waals surface area contributed by atoms with E-state index in [1.807, 2.05) is 0 Å². The van der Waals surface area contributed by atoms with E-state index in [0.29, 0.717) is 18.2 Å². The monoisotopic (exact) mass is 348 g/mol. The number of hydrogen-bond acceptors (Lipinski definition) is 2. The molecule has 0 amide bonds. The summed E-state index contributed by atoms with van der Waals surface area (Å²) in [6.45, 7) is 4.70. The van der Waals surface area contributed by atoms with Gasteiger partial charge in [-0.15, -0.1) is 0 Å². The molecular weight excluding hydrogens is 316 g/mol. The molecule has 2 unspecified atom stereocenters. The van der Waals surface area contributed by atoms with Gasteiger partial charge in [-0.25, -0.2) is 0 Å². The molecule has 1 saturated heterocycles. The minimum atomic E-state index is 0.319. The van der Waals surface area contributed by atoms with E-state index in [1.54, 1.807) is 0 Å². The Morgan fingerprint density at radius 2 is 1.50 bits per heavy atom. The number of para-hydroxylation sites is 1. The Morgan fingerprint density at radius 3 is 2.19 bits per heavy atom. The molecule has 3 atom stereocenters. The van der Waals surface area contributed by atoms with Crippen molar-refractivity contribution in [3.63, 3.8) is 0 Å². The largest absolute Gasteiger partial charge is 0.347 e. The molecule has 26 heavy (non-hydrogen) atoms. The van der Waals surface area contributed by atoms with Gasteiger partial charge in [0.25, 0.3) is 0 Å². The van der Waals surface area contributed by atoms with Gasteiger partial charge in [0.2, 0.25) is 0 Å². The highest BCUT2D eigenvalue weighted by Crippen LogP contribution is 2.45. The smallest absolute Gasteiger partial charge is 0.109 e. The van der Waals surface area contributed by atoms with Gasteiger partial charge >= 0.3 is 0 Å². The van der Waals surface area contributed by atoms with Crippen LogP contribution in [0.2, 0.25) is 0 Å². The van der Waals surface area contributed by atoms with Crippen molar-refractivity contribution in [2.45, 2.75) is 64.2 Å². The van der Waals surface area contributed by atoms with E-state index in [0.717, 1.165) is 5.92 Å². The lowest BCUT2D eigenvalue weighted by Gasteiger charge is -2.34. The first kappa shape index (κ1) is 17.6. The zero-order valence-corrected chi connectivity index (χ0v) is 16.4. The second-order valence-electron chi connectivity index (χ2n) is 8.27. The van der Waals surface area contributed by atoms with Gasteiger partial charge in [-0.05, 0) is 56.8 Å². The highest BCUT2D eigenvalue weighted by atomic mass is 15.4. The second kappa shape index (κ2) is 7.44. The molecule has 2 aromatic rings. The predicted molar refractivity (Wildman–Crippen MR) is 110 cm³/mol. The molecule has 1 heterocycles. The van der Waals surface area contributed by atoms with E-state index in [-0.39, 0.29) is 0 Å². The van der Waals surface area contributed by atoms with Crippen LogP contribution in [-0.2, 0) is 0 Å². The van der Waals surface area contributed by atoms with E-state index in [4.69, 9.17) is 0 Å². The van der Waals surface area contributed by atoms with Gasteiger partial charge in [0.1, 0.15) is 6.17 Å². The number of hydrogen-bond donors (Lipinski definition) is 0. The Kier molecular flexibility index (Phi) is 5.04. The van der Waals surface area contributed by atoms with Crippen LogP contribution in [-0.4, -0.2) is 24.0 Å². The molecule has 0 radical (unpaired) electrons. The first-order valence-corrected chi connectivity index (χ1v) is 10.3. The summed E-state index contributed by atoms with van der Waals surface area (Å²) < 4.78 is 0. The Hall–Kier alpha value is -1.80. The standard InChI is InChI=1S/C24H32N2/c1-18-12-10-11-17-22(18)26-19(2)23(20-13-6-4-7-14-20)25(3)24(26)21-15-8-5-9-16-21/h5,8-12,15-17,19-20,23-24H,4,6-7,13-14H2,1-3H3/t19-,23?,24?/m0/s1. The first-order chi connectivity index (χ1) is 12.7. The highest BCUT2D eigenvalue weighted by Gasteiger charge is 2.47. The van der Waals surface area contributed by atoms with Gasteiger partial charge in [-0.1, -0.05) is 67.8 Å². The van der Waals surface area contributed by atoms with Crippen LogP contribution < -0.4 is 4.90 Å². The van der Waals surface area contributed by atoms with Gasteiger partial charge in [-0.2, -0.15) is 0 Å². The molecule has 1 aliphatic heterocycles. The van der Waals surface area contributed by atoms with Crippen LogP contribution in [0.15, 0.2) is 54.6 Å². The molecule has 1 aliphatic carbocycles. The maximum absolute atomic E-state index is 2.68. The molecule has 0 aromatic heterocycles. The van der Waals surface area contributed by atoms with E-state index >= 15 is 0 Å². The minimum Gasteiger partial charge on any atom is -0.347 e. The van der Waals surface area contributed by atoms with Crippen LogP contribution in [0.1, 0.15) is 56.3 Å². The Morgan fingerprint density at radius 1 is 0.846 bits per heavy atom. The van der Waals surface area contributed by atoms with E-state index in [9.17, 15) is 0 Å². The van der Waals surface area contributed by atoms with E-state index < -0.39 is 0 Å². The fourth-order valence-electron chi connectivity index (χ4n) is 5.51. The van der Waals surface area contributed by atoms with Crippen molar-refractivity contribution in [3.8, 4) is 0 Å². The van der Waals surface area contributed by atoms with Gasteiger partial charge in [0, 0.05) is 17.8 Å². The fraction of sp³-hybridized carbons (Fsp3) is 0.500. The number of anilines is 1. The van der Waals surface area contributed by atoms with Crippen molar-refractivity contribution < 1.29 is 0 Å². The highest BCUT2D eigenvalue weighted by molar-refractivity contribution is 5.57. The first-order valence-electron chi connectivity index (χ1n) is 10.3. The third-order valence-electron chi connectivity index (χ3n) is 6.68. The maximum atomic E-state index is 2.68. The molecule has 1 saturated carbocycles. The minimum absolute atomic E-state index is 0.319. The summed E-state index contributed by atoms with van der Waals surface area (Å²) in [7, 11) is 2.35. The second-order valence-corrected chi connectivity index (χ2v) is 8.27. The molecule has 2 aliphatic rings. The lowest BCUT2D eigenvalue weighted by atomic mass is 9.81. The number of nitrogens with zero attached hydrogens (tertiary/aromatic N) is 2. The van der Waals surface area contributed by atoms with Gasteiger partial charge in [0.05, 0.1) is 0 Å². The van der Waals surface area contributed by atoms with Gasteiger partial charge in [0.15, 0.2) is 0 Å². The molecule has 0 N–H and O–H groups in total. The molecule has 0 spiro atoms. The molecule has 0 bridgehead atoms. The molecule has 4 rings (SSSR count). The van der Waals surface area contributed by atoms with Crippen LogP contribution >= 0.6 is 0 Å². The molecular formula is C24H32N2. The SMILES string of the molecule is Cc1ccccc1N1C(c2ccccc2)N(C)C(C2CCCCC2)[C@@H]1C. The van der Waals surface area contributed by atoms with Crippen LogP contribution in [0, 0.1) is 12.8 Å². The van der Waals surface area contributed by atoms with Crippen LogP contribution in [0.4, 0.5) is 5.69 Å². The quantitative estimate of drug-likeness (QED) is 0.693. The molecule has 2 fully saturated rings. The molecule has 2 aromatic carbocycles. The number of benzene rings is 2. The fourth-order valence-corrected chi connectivity index (χ4v) is 5.51. The molecule has 2 heteroatoms. The van der Waals surface area contributed by atoms with Gasteiger partial charge < -0.3 is 4.90 Å². The zero-order valence-electron chi connectivity index (χ0n) is 16.4. The summed E-state index contributed by atoms with van der Waals surface area (Å²) in [6, 6.07) is 21.1. The lowest BCUT2D eigenvalue weighted by Crippen LogP contribution is -2.41. The summed E-state index contributed by atoms with van der Waals surface area (Å²) in [5.74, 6) is 0.823. The van der Waals surface area contributed by atoms with Crippen molar-refractivity contribution in [1.29, 1.82) is 0 Å². The van der Waals surface area contributed by atoms with Crippen molar-refractivity contribution in [2.75, 3.05) is 11.9 Å². The van der Waals surface area contributed by atoms with Crippen molar-refractivity contribution in [3.05, 3.63) is 65.7 Å². The normalized spacial score (nSPS) is 27.8. The average molecular weight is 349 g/mol. The van der Waals surface area contributed by atoms with Crippen molar-refractivity contribution in [2.24, 2.45) is 5.92 Å². The number of rotatable bonds is 3. The summed E-state index contributed by atoms with van der Waals surface area (Å²) in [5.41, 5.74) is 4.17. The summed E-state index contributed by atoms with van der Waals surface area (Å²) in [6.07, 6.45) is 7.33. The third-order valence-corrected chi connectivity index (χ3v) is 6.68. The Balaban J connectivity index is 1.76. The zero-order chi connectivity index (χ0) is 18.1. The van der Waals surface area contributed by atoms with Crippen LogP contribution in [0.5, 0.6) is 0 Å². The Labute approximate surface area is 158 Å². The van der Waals surface area contributed by atoms with Crippen LogP contribution in [0.3, 0.4) is 0 Å². The number of aryl methyl sites for hydroxylation is 1. The summed E-state index contributed by atoms with van der Waals surface area (Å²) in [4.78, 5) is 5.35. The van der Waals surface area contributed by atoms with E-state index in [1.165, 1.54) is 48.9 Å². The topological polar surface area (TPSA) is 6.48 Å². The van der Waals surface area contributed by atoms with Gasteiger partial charge in [-0.3, -0.25) is 4.90 Å². The third kappa shape index (κ3) is 3.05. The predicted octanol–water partition coefficient (Wildman–Crippen LogP) is 5.78. The summed E-state index contributed by atoms with van der Waals surface area (Å²) >= 11 is 0. The van der Waals surface area contributed by atoms with Crippen molar-refractivity contribution in [1.82, 2.24) is 4.90 Å². The Bertz CT molecular complexity index is 720. The molecule has 138 valence electrons. The number of likely N-dealkylation sites (N-methyl/N-ethyl adjacent to an activating group) is 1. The van der Waals surface area contributed by atoms with Crippen LogP contribution in [0.25, 0.3) is 0 Å².